The van der Waals surface area contributed by atoms with Gasteiger partial charge in [-0.3, -0.25) is 0 Å². The summed E-state index contributed by atoms with van der Waals surface area (Å²) in [4.78, 5) is 15.7. The number of carbonyl (C=O) groups excluding carboxylic acids is 1. The minimum Gasteiger partial charge on any atom is -0.444 e. The van der Waals surface area contributed by atoms with Gasteiger partial charge < -0.3 is 15.8 Å². The molecule has 0 aliphatic rings. The number of aryl methyl sites for hydroxylation is 1. The van der Waals surface area contributed by atoms with Gasteiger partial charge in [0.25, 0.3) is 0 Å². The van der Waals surface area contributed by atoms with E-state index in [-0.39, 0.29) is 5.92 Å². The number of carbonyl (C=O) groups is 1. The van der Waals surface area contributed by atoms with Gasteiger partial charge in [-0.15, -0.1) is 0 Å². The zero-order chi connectivity index (χ0) is 15.3. The molecule has 0 saturated heterocycles. The number of nitrogens with one attached hydrogen (secondary N) is 1. The van der Waals surface area contributed by atoms with Crippen LogP contribution in [0.3, 0.4) is 0 Å². The summed E-state index contributed by atoms with van der Waals surface area (Å²) < 4.78 is 5.18. The van der Waals surface area contributed by atoms with Gasteiger partial charge in [-0.25, -0.2) is 9.78 Å². The van der Waals surface area contributed by atoms with E-state index in [4.69, 9.17) is 22.1 Å². The van der Waals surface area contributed by atoms with E-state index in [1.165, 1.54) is 0 Å². The third-order valence-corrected chi connectivity index (χ3v) is 3.08. The maximum absolute atomic E-state index is 11.6. The van der Waals surface area contributed by atoms with Gasteiger partial charge in [-0.1, -0.05) is 17.7 Å². The molecule has 0 spiro atoms. The minimum atomic E-state index is -0.513. The molecule has 1 aromatic heterocycles. The Labute approximate surface area is 124 Å². The van der Waals surface area contributed by atoms with E-state index < -0.39 is 11.7 Å². The summed E-state index contributed by atoms with van der Waals surface area (Å²) in [7, 11) is 0. The Morgan fingerprint density at radius 3 is 2.70 bits per heavy atom. The van der Waals surface area contributed by atoms with Crippen LogP contribution in [0.4, 0.5) is 4.79 Å². The third kappa shape index (κ3) is 5.35. The fourth-order valence-corrected chi connectivity index (χ4v) is 1.76. The molecule has 1 unspecified atom stereocenters. The molecule has 3 N–H and O–H groups in total. The average molecular weight is 300 g/mol. The van der Waals surface area contributed by atoms with E-state index >= 15 is 0 Å². The molecular formula is C14H22ClN3O2. The van der Waals surface area contributed by atoms with Crippen molar-refractivity contribution in [3.63, 3.8) is 0 Å². The number of amides is 1. The molecule has 0 aliphatic heterocycles. The highest BCUT2D eigenvalue weighted by Gasteiger charge is 2.18. The third-order valence-electron chi connectivity index (χ3n) is 2.68. The monoisotopic (exact) mass is 299 g/mol. The van der Waals surface area contributed by atoms with Crippen LogP contribution in [0, 0.1) is 6.92 Å². The Hall–Kier alpha value is -1.33. The van der Waals surface area contributed by atoms with Gasteiger partial charge in [0.15, 0.2) is 0 Å². The fraction of sp³-hybridized carbons (Fsp3) is 0.571. The summed E-state index contributed by atoms with van der Waals surface area (Å²) in [5.74, 6) is -0.0222. The zero-order valence-electron chi connectivity index (χ0n) is 12.4. The molecule has 0 aliphatic carbocycles. The highest BCUT2D eigenvalue weighted by atomic mass is 35.5. The second-order valence-electron chi connectivity index (χ2n) is 5.69. The number of hydrogen-bond donors (Lipinski definition) is 2. The predicted octanol–water partition coefficient (Wildman–Crippen LogP) is 2.61. The van der Waals surface area contributed by atoms with Gasteiger partial charge in [-0.05, 0) is 38.8 Å². The SMILES string of the molecule is Cc1cc(C(CN)CNC(=O)OC(C)(C)C)cnc1Cl. The summed E-state index contributed by atoms with van der Waals surface area (Å²) >= 11 is 5.90. The number of pyridine rings is 1. The van der Waals surface area contributed by atoms with Crippen LogP contribution in [-0.2, 0) is 4.74 Å². The topological polar surface area (TPSA) is 77.2 Å². The summed E-state index contributed by atoms with van der Waals surface area (Å²) in [6.07, 6.45) is 1.23. The lowest BCUT2D eigenvalue weighted by Gasteiger charge is -2.21. The number of ether oxygens (including phenoxy) is 1. The van der Waals surface area contributed by atoms with Crippen LogP contribution in [0.2, 0.25) is 5.15 Å². The summed E-state index contributed by atoms with van der Waals surface area (Å²) in [6.45, 7) is 8.14. The van der Waals surface area contributed by atoms with Crippen molar-refractivity contribution in [2.45, 2.75) is 39.2 Å². The lowest BCUT2D eigenvalue weighted by atomic mass is 10.00. The first kappa shape index (κ1) is 16.7. The van der Waals surface area contributed by atoms with Crippen LogP contribution in [-0.4, -0.2) is 29.8 Å². The van der Waals surface area contributed by atoms with Gasteiger partial charge in [-0.2, -0.15) is 0 Å². The molecule has 112 valence electrons. The average Bonchev–Trinajstić information content (AvgIpc) is 2.32. The van der Waals surface area contributed by atoms with Gasteiger partial charge in [0, 0.05) is 25.2 Å². The molecule has 0 bridgehead atoms. The van der Waals surface area contributed by atoms with E-state index in [2.05, 4.69) is 10.3 Å². The first-order chi connectivity index (χ1) is 9.23. The number of halogens is 1. The molecule has 5 nitrogen and oxygen atoms in total. The molecule has 1 amide bonds. The number of rotatable bonds is 4. The molecule has 0 aromatic carbocycles. The normalized spacial score (nSPS) is 12.9. The first-order valence-corrected chi connectivity index (χ1v) is 6.89. The number of nitrogens with two attached hydrogens (primary N) is 1. The summed E-state index contributed by atoms with van der Waals surface area (Å²) in [6, 6.07) is 1.93. The van der Waals surface area contributed by atoms with Crippen molar-refractivity contribution in [1.82, 2.24) is 10.3 Å². The summed E-state index contributed by atoms with van der Waals surface area (Å²) in [5, 5.41) is 3.20. The van der Waals surface area contributed by atoms with Crippen molar-refractivity contribution in [2.24, 2.45) is 5.73 Å². The molecule has 6 heteroatoms. The Morgan fingerprint density at radius 1 is 1.55 bits per heavy atom. The molecule has 1 heterocycles. The molecule has 1 atom stereocenters. The van der Waals surface area contributed by atoms with Crippen LogP contribution in [0.1, 0.15) is 37.8 Å². The van der Waals surface area contributed by atoms with Crippen LogP contribution in [0.25, 0.3) is 0 Å². The van der Waals surface area contributed by atoms with Crippen LogP contribution in [0.5, 0.6) is 0 Å². The van der Waals surface area contributed by atoms with Crippen molar-refractivity contribution >= 4 is 17.7 Å². The van der Waals surface area contributed by atoms with E-state index in [0.29, 0.717) is 18.2 Å². The quantitative estimate of drug-likeness (QED) is 0.838. The lowest BCUT2D eigenvalue weighted by Crippen LogP contribution is -2.36. The molecule has 0 fully saturated rings. The molecule has 0 radical (unpaired) electrons. The molecule has 1 rings (SSSR count). The van der Waals surface area contributed by atoms with E-state index in [1.807, 2.05) is 33.8 Å². The zero-order valence-corrected chi connectivity index (χ0v) is 13.1. The van der Waals surface area contributed by atoms with Gasteiger partial charge >= 0.3 is 6.09 Å². The smallest absolute Gasteiger partial charge is 0.407 e. The van der Waals surface area contributed by atoms with E-state index in [9.17, 15) is 4.79 Å². The van der Waals surface area contributed by atoms with Crippen molar-refractivity contribution in [3.8, 4) is 0 Å². The van der Waals surface area contributed by atoms with Crippen LogP contribution < -0.4 is 11.1 Å². The Bertz CT molecular complexity index is 472. The van der Waals surface area contributed by atoms with E-state index in [0.717, 1.165) is 11.1 Å². The van der Waals surface area contributed by atoms with Crippen LogP contribution in [0.15, 0.2) is 12.3 Å². The maximum atomic E-state index is 11.6. The van der Waals surface area contributed by atoms with Crippen molar-refractivity contribution in [1.29, 1.82) is 0 Å². The van der Waals surface area contributed by atoms with Gasteiger partial charge in [0.1, 0.15) is 10.8 Å². The van der Waals surface area contributed by atoms with Gasteiger partial charge in [0.05, 0.1) is 0 Å². The lowest BCUT2D eigenvalue weighted by molar-refractivity contribution is 0.0525. The van der Waals surface area contributed by atoms with Crippen molar-refractivity contribution < 1.29 is 9.53 Å². The molecule has 1 aromatic rings. The van der Waals surface area contributed by atoms with Crippen molar-refractivity contribution in [3.05, 3.63) is 28.5 Å². The standard InChI is InChI=1S/C14H22ClN3O2/c1-9-5-10(7-17-12(9)15)11(6-16)8-18-13(19)20-14(2,3)4/h5,7,11H,6,8,16H2,1-4H3,(H,18,19). The highest BCUT2D eigenvalue weighted by molar-refractivity contribution is 6.30. The minimum absolute atomic E-state index is 0.0222. The predicted molar refractivity (Wildman–Crippen MR) is 80.0 cm³/mol. The fourth-order valence-electron chi connectivity index (χ4n) is 1.66. The Kier molecular flexibility index (Phi) is 5.77. The highest BCUT2D eigenvalue weighted by Crippen LogP contribution is 2.19. The summed E-state index contributed by atoms with van der Waals surface area (Å²) in [5.41, 5.74) is 7.08. The number of alkyl carbamates (subject to hydrolysis) is 1. The molecule has 0 saturated carbocycles. The van der Waals surface area contributed by atoms with Crippen LogP contribution >= 0.6 is 11.6 Å². The Balaban J connectivity index is 2.63. The molecule has 20 heavy (non-hydrogen) atoms. The second kappa shape index (κ2) is 6.90. The number of hydrogen-bond acceptors (Lipinski definition) is 4. The van der Waals surface area contributed by atoms with Gasteiger partial charge in [0.2, 0.25) is 0 Å². The largest absolute Gasteiger partial charge is 0.444 e. The number of nitrogens with zero attached hydrogens (tertiary/aromatic N) is 1. The maximum Gasteiger partial charge on any atom is 0.407 e. The second-order valence-corrected chi connectivity index (χ2v) is 6.05. The first-order valence-electron chi connectivity index (χ1n) is 6.52. The van der Waals surface area contributed by atoms with E-state index in [1.54, 1.807) is 6.20 Å². The number of aromatic nitrogens is 1. The Morgan fingerprint density at radius 2 is 2.20 bits per heavy atom. The van der Waals surface area contributed by atoms with Crippen molar-refractivity contribution in [2.75, 3.05) is 13.1 Å². The molecular weight excluding hydrogens is 278 g/mol.